The van der Waals surface area contributed by atoms with E-state index in [1.165, 1.54) is 5.56 Å². The lowest BCUT2D eigenvalue weighted by molar-refractivity contribution is 0.187. The van der Waals surface area contributed by atoms with Crippen LogP contribution in [-0.4, -0.2) is 28.5 Å². The number of methoxy groups -OCH3 is 1. The normalized spacial score (nSPS) is 10.9. The average Bonchev–Trinajstić information content (AvgIpc) is 2.88. The van der Waals surface area contributed by atoms with Crippen molar-refractivity contribution >= 4 is 15.9 Å². The summed E-state index contributed by atoms with van der Waals surface area (Å²) in [6.45, 7) is 3.56. The molecule has 0 fully saturated rings. The van der Waals surface area contributed by atoms with Crippen molar-refractivity contribution in [2.24, 2.45) is 0 Å². The van der Waals surface area contributed by atoms with E-state index in [4.69, 9.17) is 4.74 Å². The van der Waals surface area contributed by atoms with E-state index in [9.17, 15) is 0 Å². The molecule has 19 heavy (non-hydrogen) atoms. The van der Waals surface area contributed by atoms with Gasteiger partial charge in [-0.25, -0.2) is 0 Å². The molecule has 0 bridgehead atoms. The van der Waals surface area contributed by atoms with Gasteiger partial charge in [0.05, 0.1) is 11.9 Å². The Kier molecular flexibility index (Phi) is 5.10. The number of benzene rings is 1. The summed E-state index contributed by atoms with van der Waals surface area (Å²) >= 11 is 3.44. The molecular weight excluding hydrogens is 306 g/mol. The van der Waals surface area contributed by atoms with Crippen molar-refractivity contribution in [3.8, 4) is 11.4 Å². The van der Waals surface area contributed by atoms with Gasteiger partial charge in [-0.15, -0.1) is 10.2 Å². The van der Waals surface area contributed by atoms with Gasteiger partial charge in [0.25, 0.3) is 0 Å². The van der Waals surface area contributed by atoms with E-state index in [0.29, 0.717) is 11.9 Å². The van der Waals surface area contributed by atoms with Gasteiger partial charge in [0, 0.05) is 19.2 Å². The third-order valence-corrected chi connectivity index (χ3v) is 3.59. The van der Waals surface area contributed by atoms with Crippen LogP contribution in [0.5, 0.6) is 0 Å². The molecule has 0 amide bonds. The fourth-order valence-corrected chi connectivity index (χ4v) is 2.37. The first-order chi connectivity index (χ1) is 9.30. The largest absolute Gasteiger partial charge is 0.383 e. The van der Waals surface area contributed by atoms with Gasteiger partial charge in [-0.3, -0.25) is 0 Å². The standard InChI is InChI=1S/C14H18BrN3O/c1-3-11-4-6-12(7-5-11)14-17-16-13(10-15)18(14)8-9-19-2/h4-7H,3,8-10H2,1-2H3. The van der Waals surface area contributed by atoms with Crippen LogP contribution in [0, 0.1) is 0 Å². The van der Waals surface area contributed by atoms with Crippen molar-refractivity contribution in [3.63, 3.8) is 0 Å². The van der Waals surface area contributed by atoms with Crippen LogP contribution >= 0.6 is 15.9 Å². The van der Waals surface area contributed by atoms with Gasteiger partial charge in [-0.2, -0.15) is 0 Å². The Morgan fingerprint density at radius 2 is 1.95 bits per heavy atom. The van der Waals surface area contributed by atoms with Gasteiger partial charge in [0.15, 0.2) is 5.82 Å². The van der Waals surface area contributed by atoms with Gasteiger partial charge in [0.2, 0.25) is 0 Å². The van der Waals surface area contributed by atoms with Gasteiger partial charge in [-0.1, -0.05) is 47.1 Å². The van der Waals surface area contributed by atoms with Crippen LogP contribution in [0.1, 0.15) is 18.3 Å². The van der Waals surface area contributed by atoms with Crippen LogP contribution in [0.25, 0.3) is 11.4 Å². The summed E-state index contributed by atoms with van der Waals surface area (Å²) in [5, 5.41) is 9.20. The number of hydrogen-bond donors (Lipinski definition) is 0. The van der Waals surface area contributed by atoms with Crippen molar-refractivity contribution in [2.75, 3.05) is 13.7 Å². The Morgan fingerprint density at radius 1 is 1.21 bits per heavy atom. The van der Waals surface area contributed by atoms with Crippen LogP contribution in [-0.2, 0) is 23.0 Å². The molecule has 2 rings (SSSR count). The molecule has 1 aromatic carbocycles. The van der Waals surface area contributed by atoms with Gasteiger partial charge >= 0.3 is 0 Å². The minimum absolute atomic E-state index is 0.651. The molecule has 0 spiro atoms. The minimum atomic E-state index is 0.651. The molecule has 102 valence electrons. The number of ether oxygens (including phenoxy) is 1. The Bertz CT molecular complexity index is 522. The first kappa shape index (κ1) is 14.2. The molecule has 1 heterocycles. The molecule has 0 aliphatic rings. The number of alkyl halides is 1. The molecule has 0 unspecified atom stereocenters. The molecule has 5 heteroatoms. The van der Waals surface area contributed by atoms with Crippen LogP contribution in [0.4, 0.5) is 0 Å². The summed E-state index contributed by atoms with van der Waals surface area (Å²) in [7, 11) is 1.70. The van der Waals surface area contributed by atoms with E-state index in [1.807, 2.05) is 0 Å². The van der Waals surface area contributed by atoms with Crippen molar-refractivity contribution in [2.45, 2.75) is 25.2 Å². The maximum Gasteiger partial charge on any atom is 0.164 e. The van der Waals surface area contributed by atoms with Crippen LogP contribution in [0.3, 0.4) is 0 Å². The molecule has 0 radical (unpaired) electrons. The second-order valence-electron chi connectivity index (χ2n) is 4.27. The number of nitrogens with zero attached hydrogens (tertiary/aromatic N) is 3. The number of rotatable bonds is 6. The Balaban J connectivity index is 2.34. The van der Waals surface area contributed by atoms with E-state index >= 15 is 0 Å². The van der Waals surface area contributed by atoms with Gasteiger partial charge in [0.1, 0.15) is 5.82 Å². The van der Waals surface area contributed by atoms with Crippen LogP contribution < -0.4 is 0 Å². The van der Waals surface area contributed by atoms with Gasteiger partial charge in [-0.05, 0) is 12.0 Å². The maximum absolute atomic E-state index is 5.15. The second-order valence-corrected chi connectivity index (χ2v) is 4.83. The first-order valence-electron chi connectivity index (χ1n) is 6.36. The highest BCUT2D eigenvalue weighted by molar-refractivity contribution is 9.08. The predicted molar refractivity (Wildman–Crippen MR) is 79.3 cm³/mol. The monoisotopic (exact) mass is 323 g/mol. The summed E-state index contributed by atoms with van der Waals surface area (Å²) in [4.78, 5) is 0. The second kappa shape index (κ2) is 6.82. The zero-order chi connectivity index (χ0) is 13.7. The smallest absolute Gasteiger partial charge is 0.164 e. The lowest BCUT2D eigenvalue weighted by Crippen LogP contribution is -2.09. The van der Waals surface area contributed by atoms with E-state index in [2.05, 4.69) is 61.9 Å². The number of aromatic nitrogens is 3. The molecule has 0 atom stereocenters. The topological polar surface area (TPSA) is 39.9 Å². The highest BCUT2D eigenvalue weighted by Crippen LogP contribution is 2.20. The Hall–Kier alpha value is -1.20. The predicted octanol–water partition coefficient (Wildman–Crippen LogP) is 3.05. The molecule has 0 saturated heterocycles. The number of aryl methyl sites for hydroxylation is 1. The minimum Gasteiger partial charge on any atom is -0.383 e. The summed E-state index contributed by atoms with van der Waals surface area (Å²) < 4.78 is 7.25. The molecule has 2 aromatic rings. The lowest BCUT2D eigenvalue weighted by atomic mass is 10.1. The van der Waals surface area contributed by atoms with Crippen LogP contribution in [0.2, 0.25) is 0 Å². The highest BCUT2D eigenvalue weighted by atomic mass is 79.9. The van der Waals surface area contributed by atoms with Crippen molar-refractivity contribution in [1.29, 1.82) is 0 Å². The van der Waals surface area contributed by atoms with E-state index in [-0.39, 0.29) is 0 Å². The number of halogens is 1. The summed E-state index contributed by atoms with van der Waals surface area (Å²) in [5.74, 6) is 1.82. The van der Waals surface area contributed by atoms with E-state index in [0.717, 1.165) is 30.2 Å². The SMILES string of the molecule is CCc1ccc(-c2nnc(CBr)n2CCOC)cc1. The summed E-state index contributed by atoms with van der Waals surface area (Å²) in [6.07, 6.45) is 1.04. The maximum atomic E-state index is 5.15. The summed E-state index contributed by atoms with van der Waals surface area (Å²) in [6, 6.07) is 8.48. The van der Waals surface area contributed by atoms with E-state index in [1.54, 1.807) is 7.11 Å². The average molecular weight is 324 g/mol. The Labute approximate surface area is 121 Å². The zero-order valence-electron chi connectivity index (χ0n) is 11.3. The zero-order valence-corrected chi connectivity index (χ0v) is 12.9. The third-order valence-electron chi connectivity index (χ3n) is 3.09. The quantitative estimate of drug-likeness (QED) is 0.767. The van der Waals surface area contributed by atoms with Gasteiger partial charge < -0.3 is 9.30 Å². The molecule has 1 aromatic heterocycles. The van der Waals surface area contributed by atoms with Crippen molar-refractivity contribution in [1.82, 2.24) is 14.8 Å². The van der Waals surface area contributed by atoms with E-state index < -0.39 is 0 Å². The lowest BCUT2D eigenvalue weighted by Gasteiger charge is -2.09. The van der Waals surface area contributed by atoms with Crippen molar-refractivity contribution < 1.29 is 4.74 Å². The molecular formula is C14H18BrN3O. The Morgan fingerprint density at radius 3 is 2.53 bits per heavy atom. The van der Waals surface area contributed by atoms with Crippen LogP contribution in [0.15, 0.2) is 24.3 Å². The molecule has 0 aliphatic heterocycles. The first-order valence-corrected chi connectivity index (χ1v) is 7.48. The highest BCUT2D eigenvalue weighted by Gasteiger charge is 2.12. The fourth-order valence-electron chi connectivity index (χ4n) is 1.95. The molecule has 4 nitrogen and oxygen atoms in total. The summed E-state index contributed by atoms with van der Waals surface area (Å²) in [5.41, 5.74) is 2.42. The molecule has 0 saturated carbocycles. The van der Waals surface area contributed by atoms with Crippen molar-refractivity contribution in [3.05, 3.63) is 35.7 Å². The molecule has 0 aliphatic carbocycles. The fraction of sp³-hybridized carbons (Fsp3) is 0.429. The number of hydrogen-bond acceptors (Lipinski definition) is 3. The third kappa shape index (κ3) is 3.22. The molecule has 0 N–H and O–H groups in total.